The Morgan fingerprint density at radius 1 is 1.13 bits per heavy atom. The van der Waals surface area contributed by atoms with Gasteiger partial charge in [-0.05, 0) is 18.2 Å². The maximum Gasteiger partial charge on any atom is 0.417 e. The molecule has 0 fully saturated rings. The molecule has 3 aromatic rings. The number of aromatic nitrogens is 2. The van der Waals surface area contributed by atoms with Crippen molar-refractivity contribution in [2.45, 2.75) is 12.7 Å². The van der Waals surface area contributed by atoms with Crippen LogP contribution in [0.15, 0.2) is 53.7 Å². The summed E-state index contributed by atoms with van der Waals surface area (Å²) in [7, 11) is 0. The third-order valence-corrected chi connectivity index (χ3v) is 3.53. The van der Waals surface area contributed by atoms with Crippen molar-refractivity contribution < 1.29 is 13.2 Å². The molecule has 0 aliphatic carbocycles. The lowest BCUT2D eigenvalue weighted by molar-refractivity contribution is -0.138. The van der Waals surface area contributed by atoms with Crippen LogP contribution in [0.25, 0.3) is 5.52 Å². The Morgan fingerprint density at radius 3 is 2.61 bits per heavy atom. The van der Waals surface area contributed by atoms with Gasteiger partial charge in [0.05, 0.1) is 23.2 Å². The van der Waals surface area contributed by atoms with Crippen LogP contribution in [0, 0.1) is 11.3 Å². The van der Waals surface area contributed by atoms with Gasteiger partial charge in [0.15, 0.2) is 0 Å². The molecule has 0 aliphatic heterocycles. The highest BCUT2D eigenvalue weighted by molar-refractivity contribution is 5.65. The van der Waals surface area contributed by atoms with E-state index in [1.54, 1.807) is 35.0 Å². The summed E-state index contributed by atoms with van der Waals surface area (Å²) in [5, 5.41) is 9.31. The summed E-state index contributed by atoms with van der Waals surface area (Å²) in [5.74, 6) is 0. The molecule has 0 aromatic carbocycles. The van der Waals surface area contributed by atoms with Gasteiger partial charge in [0.25, 0.3) is 5.56 Å². The van der Waals surface area contributed by atoms with Crippen molar-refractivity contribution in [2.24, 2.45) is 0 Å². The molecule has 0 aliphatic rings. The van der Waals surface area contributed by atoms with Crippen molar-refractivity contribution in [3.8, 4) is 6.07 Å². The molecule has 23 heavy (non-hydrogen) atoms. The number of nitriles is 1. The highest BCUT2D eigenvalue weighted by Gasteiger charge is 2.31. The van der Waals surface area contributed by atoms with Crippen LogP contribution in [0.5, 0.6) is 0 Å². The average molecular weight is 317 g/mol. The predicted molar refractivity (Wildman–Crippen MR) is 76.9 cm³/mol. The lowest BCUT2D eigenvalue weighted by Gasteiger charge is -2.10. The second kappa shape index (κ2) is 5.32. The number of alkyl halides is 3. The minimum atomic E-state index is -4.53. The Labute approximate surface area is 128 Å². The van der Waals surface area contributed by atoms with E-state index in [9.17, 15) is 23.2 Å². The van der Waals surface area contributed by atoms with Gasteiger partial charge < -0.3 is 8.97 Å². The molecule has 3 rings (SSSR count). The predicted octanol–water partition coefficient (Wildman–Crippen LogP) is 3.04. The molecule has 0 atom stereocenters. The largest absolute Gasteiger partial charge is 0.417 e. The Balaban J connectivity index is 2.10. The standard InChI is InChI=1S/C16H10F3N3O/c17-16(18,19)12-4-5-15(23)22(10-12)9-11-8-21-6-2-1-3-14(21)13(11)7-20/h1-6,8,10H,9H2. The number of nitrogens with zero attached hydrogens (tertiary/aromatic N) is 3. The van der Waals surface area contributed by atoms with Gasteiger partial charge in [-0.3, -0.25) is 4.79 Å². The molecular formula is C16H10F3N3O. The third kappa shape index (κ3) is 2.71. The van der Waals surface area contributed by atoms with E-state index < -0.39 is 17.3 Å². The van der Waals surface area contributed by atoms with Crippen molar-refractivity contribution >= 4 is 5.52 Å². The highest BCUT2D eigenvalue weighted by Crippen LogP contribution is 2.28. The van der Waals surface area contributed by atoms with Crippen molar-refractivity contribution in [1.29, 1.82) is 5.26 Å². The minimum absolute atomic E-state index is 0.104. The van der Waals surface area contributed by atoms with Crippen molar-refractivity contribution in [2.75, 3.05) is 0 Å². The lowest BCUT2D eigenvalue weighted by atomic mass is 10.1. The molecule has 3 aromatic heterocycles. The molecule has 7 heteroatoms. The summed E-state index contributed by atoms with van der Waals surface area (Å²) in [4.78, 5) is 11.8. The third-order valence-electron chi connectivity index (χ3n) is 3.53. The Hall–Kier alpha value is -3.01. The van der Waals surface area contributed by atoms with E-state index in [0.717, 1.165) is 22.9 Å². The zero-order chi connectivity index (χ0) is 16.6. The minimum Gasteiger partial charge on any atom is -0.322 e. The Morgan fingerprint density at radius 2 is 1.91 bits per heavy atom. The van der Waals surface area contributed by atoms with Crippen LogP contribution >= 0.6 is 0 Å². The first-order valence-corrected chi connectivity index (χ1v) is 6.66. The molecule has 0 saturated carbocycles. The summed E-state index contributed by atoms with van der Waals surface area (Å²) in [5.41, 5.74) is 0.0107. The highest BCUT2D eigenvalue weighted by atomic mass is 19.4. The molecule has 0 saturated heterocycles. The van der Waals surface area contributed by atoms with Gasteiger partial charge in [-0.2, -0.15) is 18.4 Å². The normalized spacial score (nSPS) is 11.6. The fraction of sp³-hybridized carbons (Fsp3) is 0.125. The zero-order valence-corrected chi connectivity index (χ0v) is 11.7. The van der Waals surface area contributed by atoms with Crippen LogP contribution in [0.2, 0.25) is 0 Å². The van der Waals surface area contributed by atoms with E-state index in [4.69, 9.17) is 0 Å². The smallest absolute Gasteiger partial charge is 0.322 e. The molecule has 0 unspecified atom stereocenters. The number of hydrogen-bond acceptors (Lipinski definition) is 2. The topological polar surface area (TPSA) is 50.2 Å². The average Bonchev–Trinajstić information content (AvgIpc) is 2.85. The number of fused-ring (bicyclic) bond motifs is 1. The first-order valence-electron chi connectivity index (χ1n) is 6.66. The monoisotopic (exact) mass is 317 g/mol. The first kappa shape index (κ1) is 14.9. The van der Waals surface area contributed by atoms with E-state index >= 15 is 0 Å². The number of pyridine rings is 2. The van der Waals surface area contributed by atoms with Crippen LogP contribution in [-0.2, 0) is 12.7 Å². The molecule has 3 heterocycles. The van der Waals surface area contributed by atoms with Gasteiger partial charge in [0, 0.05) is 30.2 Å². The zero-order valence-electron chi connectivity index (χ0n) is 11.7. The molecule has 0 spiro atoms. The summed E-state index contributed by atoms with van der Waals surface area (Å²) >= 11 is 0. The maximum atomic E-state index is 12.8. The number of hydrogen-bond donors (Lipinski definition) is 0. The van der Waals surface area contributed by atoms with Crippen LogP contribution in [0.3, 0.4) is 0 Å². The first-order chi connectivity index (χ1) is 10.9. The van der Waals surface area contributed by atoms with Gasteiger partial charge in [-0.1, -0.05) is 6.07 Å². The van der Waals surface area contributed by atoms with Gasteiger partial charge in [0.2, 0.25) is 0 Å². The quantitative estimate of drug-likeness (QED) is 0.729. The van der Waals surface area contributed by atoms with E-state index in [0.29, 0.717) is 16.6 Å². The summed E-state index contributed by atoms with van der Waals surface area (Å²) in [6, 6.07) is 8.94. The van der Waals surface area contributed by atoms with Crippen LogP contribution in [0.1, 0.15) is 16.7 Å². The second-order valence-corrected chi connectivity index (χ2v) is 5.02. The molecule has 0 N–H and O–H groups in total. The Kier molecular flexibility index (Phi) is 3.45. The number of rotatable bonds is 2. The Bertz CT molecular complexity index is 977. The molecule has 4 nitrogen and oxygen atoms in total. The summed E-state index contributed by atoms with van der Waals surface area (Å²) in [6.07, 6.45) is -0.389. The lowest BCUT2D eigenvalue weighted by Crippen LogP contribution is -2.22. The van der Waals surface area contributed by atoms with Crippen molar-refractivity contribution in [3.05, 3.63) is 76.0 Å². The molecule has 0 bridgehead atoms. The van der Waals surface area contributed by atoms with Gasteiger partial charge in [0.1, 0.15) is 6.07 Å². The summed E-state index contributed by atoms with van der Waals surface area (Å²) < 4.78 is 41.0. The van der Waals surface area contributed by atoms with Crippen LogP contribution in [-0.4, -0.2) is 8.97 Å². The van der Waals surface area contributed by atoms with E-state index in [-0.39, 0.29) is 6.54 Å². The molecular weight excluding hydrogens is 307 g/mol. The van der Waals surface area contributed by atoms with Crippen LogP contribution < -0.4 is 5.56 Å². The van der Waals surface area contributed by atoms with Gasteiger partial charge in [-0.15, -0.1) is 0 Å². The van der Waals surface area contributed by atoms with Gasteiger partial charge >= 0.3 is 6.18 Å². The van der Waals surface area contributed by atoms with E-state index in [1.165, 1.54) is 0 Å². The number of halogens is 3. The van der Waals surface area contributed by atoms with E-state index in [2.05, 4.69) is 0 Å². The van der Waals surface area contributed by atoms with Crippen molar-refractivity contribution in [3.63, 3.8) is 0 Å². The van der Waals surface area contributed by atoms with Crippen molar-refractivity contribution in [1.82, 2.24) is 8.97 Å². The summed E-state index contributed by atoms with van der Waals surface area (Å²) in [6.45, 7) is -0.104. The van der Waals surface area contributed by atoms with E-state index in [1.807, 2.05) is 6.07 Å². The molecule has 0 amide bonds. The maximum absolute atomic E-state index is 12.8. The SMILES string of the molecule is N#Cc1c(Cn2cc(C(F)(F)F)ccc2=O)cn2ccccc12. The molecule has 0 radical (unpaired) electrons. The fourth-order valence-corrected chi connectivity index (χ4v) is 2.43. The van der Waals surface area contributed by atoms with Gasteiger partial charge in [-0.25, -0.2) is 0 Å². The molecule has 116 valence electrons. The fourth-order valence-electron chi connectivity index (χ4n) is 2.43. The second-order valence-electron chi connectivity index (χ2n) is 5.02. The van der Waals surface area contributed by atoms with Crippen LogP contribution in [0.4, 0.5) is 13.2 Å².